The molecule has 134 valence electrons. The first-order valence-corrected chi connectivity index (χ1v) is 9.53. The number of fused-ring (bicyclic) bond motifs is 1. The average Bonchev–Trinajstić information content (AvgIpc) is 3.27. The molecule has 0 radical (unpaired) electrons. The standard InChI is InChI=1S/C18H31N5O/c1-3-13(4-2)16(23-9-5-6-10-23)12-20-18(24)17-14-11-19-8-7-15(14)21-22-17/h13,16,19H,3-12H2,1-2H3,(H,20,24)(H,21,22). The van der Waals surface area contributed by atoms with Gasteiger partial charge in [-0.2, -0.15) is 5.10 Å². The zero-order valence-corrected chi connectivity index (χ0v) is 15.0. The number of nitrogens with one attached hydrogen (secondary N) is 3. The van der Waals surface area contributed by atoms with Crippen molar-refractivity contribution in [1.29, 1.82) is 0 Å². The van der Waals surface area contributed by atoms with Gasteiger partial charge in [-0.05, 0) is 31.8 Å². The number of nitrogens with zero attached hydrogens (tertiary/aromatic N) is 2. The topological polar surface area (TPSA) is 73.0 Å². The minimum Gasteiger partial charge on any atom is -0.349 e. The zero-order chi connectivity index (χ0) is 16.9. The van der Waals surface area contributed by atoms with Crippen molar-refractivity contribution in [2.75, 3.05) is 26.2 Å². The van der Waals surface area contributed by atoms with E-state index in [9.17, 15) is 4.79 Å². The smallest absolute Gasteiger partial charge is 0.272 e. The molecule has 0 saturated carbocycles. The number of carbonyl (C=O) groups is 1. The van der Waals surface area contributed by atoms with Crippen molar-refractivity contribution >= 4 is 5.91 Å². The second-order valence-electron chi connectivity index (χ2n) is 7.05. The first-order valence-electron chi connectivity index (χ1n) is 9.53. The number of H-pyrrole nitrogens is 1. The molecule has 1 saturated heterocycles. The zero-order valence-electron chi connectivity index (χ0n) is 15.0. The van der Waals surface area contributed by atoms with Crippen LogP contribution in [0.3, 0.4) is 0 Å². The Morgan fingerprint density at radius 1 is 1.29 bits per heavy atom. The van der Waals surface area contributed by atoms with Gasteiger partial charge >= 0.3 is 0 Å². The number of hydrogen-bond donors (Lipinski definition) is 3. The summed E-state index contributed by atoms with van der Waals surface area (Å²) in [7, 11) is 0. The summed E-state index contributed by atoms with van der Waals surface area (Å²) in [6.07, 6.45) is 5.80. The maximum absolute atomic E-state index is 12.7. The lowest BCUT2D eigenvalue weighted by Gasteiger charge is -2.33. The SMILES string of the molecule is CCC(CC)C(CNC(=O)c1n[nH]c2c1CNCC2)N1CCCC1. The minimum absolute atomic E-state index is 0.0358. The molecular formula is C18H31N5O. The Hall–Kier alpha value is -1.40. The van der Waals surface area contributed by atoms with E-state index in [1.165, 1.54) is 25.9 Å². The van der Waals surface area contributed by atoms with Gasteiger partial charge in [-0.25, -0.2) is 0 Å². The second kappa shape index (κ2) is 8.12. The van der Waals surface area contributed by atoms with Gasteiger partial charge in [0, 0.05) is 43.4 Å². The van der Waals surface area contributed by atoms with E-state index in [2.05, 4.69) is 39.6 Å². The number of aromatic amines is 1. The van der Waals surface area contributed by atoms with Crippen LogP contribution in [0.15, 0.2) is 0 Å². The number of aromatic nitrogens is 2. The molecule has 1 amide bonds. The van der Waals surface area contributed by atoms with Crippen LogP contribution in [-0.4, -0.2) is 53.2 Å². The third-order valence-corrected chi connectivity index (χ3v) is 5.70. The quantitative estimate of drug-likeness (QED) is 0.710. The van der Waals surface area contributed by atoms with Gasteiger partial charge in [-0.15, -0.1) is 0 Å². The summed E-state index contributed by atoms with van der Waals surface area (Å²) in [5.74, 6) is 0.601. The lowest BCUT2D eigenvalue weighted by Crippen LogP contribution is -2.47. The normalized spacial score (nSPS) is 19.5. The van der Waals surface area contributed by atoms with Crippen molar-refractivity contribution in [1.82, 2.24) is 25.7 Å². The molecular weight excluding hydrogens is 302 g/mol. The van der Waals surface area contributed by atoms with Crippen LogP contribution in [0, 0.1) is 5.92 Å². The lowest BCUT2D eigenvalue weighted by molar-refractivity contribution is 0.0911. The van der Waals surface area contributed by atoms with Crippen molar-refractivity contribution in [3.63, 3.8) is 0 Å². The Morgan fingerprint density at radius 3 is 2.75 bits per heavy atom. The van der Waals surface area contributed by atoms with E-state index in [1.54, 1.807) is 0 Å². The Morgan fingerprint density at radius 2 is 2.04 bits per heavy atom. The number of hydrogen-bond acceptors (Lipinski definition) is 4. The highest BCUT2D eigenvalue weighted by Gasteiger charge is 2.29. The first kappa shape index (κ1) is 17.4. The van der Waals surface area contributed by atoms with E-state index in [-0.39, 0.29) is 5.91 Å². The summed E-state index contributed by atoms with van der Waals surface area (Å²) < 4.78 is 0. The molecule has 3 rings (SSSR count). The summed E-state index contributed by atoms with van der Waals surface area (Å²) in [4.78, 5) is 15.2. The minimum atomic E-state index is -0.0358. The summed E-state index contributed by atoms with van der Waals surface area (Å²) >= 11 is 0. The summed E-state index contributed by atoms with van der Waals surface area (Å²) in [5.41, 5.74) is 2.72. The van der Waals surface area contributed by atoms with Crippen LogP contribution < -0.4 is 10.6 Å². The van der Waals surface area contributed by atoms with Gasteiger partial charge in [0.1, 0.15) is 0 Å². The average molecular weight is 333 g/mol. The van der Waals surface area contributed by atoms with Gasteiger partial charge in [0.05, 0.1) is 0 Å². The van der Waals surface area contributed by atoms with Crippen LogP contribution in [0.2, 0.25) is 0 Å². The molecule has 6 nitrogen and oxygen atoms in total. The second-order valence-corrected chi connectivity index (χ2v) is 7.05. The van der Waals surface area contributed by atoms with Crippen molar-refractivity contribution in [3.05, 3.63) is 17.0 Å². The van der Waals surface area contributed by atoms with Crippen molar-refractivity contribution in [2.24, 2.45) is 5.92 Å². The predicted octanol–water partition coefficient (Wildman–Crippen LogP) is 1.69. The molecule has 6 heteroatoms. The van der Waals surface area contributed by atoms with Crippen molar-refractivity contribution in [2.45, 2.75) is 58.5 Å². The molecule has 2 aliphatic rings. The molecule has 1 fully saturated rings. The molecule has 0 bridgehead atoms. The summed E-state index contributed by atoms with van der Waals surface area (Å²) in [5, 5.41) is 13.8. The van der Waals surface area contributed by atoms with E-state index in [4.69, 9.17) is 0 Å². The van der Waals surface area contributed by atoms with E-state index in [0.717, 1.165) is 50.2 Å². The highest BCUT2D eigenvalue weighted by atomic mass is 16.1. The predicted molar refractivity (Wildman–Crippen MR) is 95.0 cm³/mol. The monoisotopic (exact) mass is 333 g/mol. The molecule has 3 heterocycles. The molecule has 1 atom stereocenters. The Balaban J connectivity index is 1.65. The highest BCUT2D eigenvalue weighted by molar-refractivity contribution is 5.94. The molecule has 1 unspecified atom stereocenters. The van der Waals surface area contributed by atoms with E-state index < -0.39 is 0 Å². The fourth-order valence-corrected chi connectivity index (χ4v) is 4.19. The van der Waals surface area contributed by atoms with Crippen LogP contribution in [0.1, 0.15) is 61.3 Å². The molecule has 3 N–H and O–H groups in total. The number of carbonyl (C=O) groups excluding carboxylic acids is 1. The van der Waals surface area contributed by atoms with Crippen LogP contribution in [0.25, 0.3) is 0 Å². The fourth-order valence-electron chi connectivity index (χ4n) is 4.19. The van der Waals surface area contributed by atoms with E-state index in [0.29, 0.717) is 17.7 Å². The third-order valence-electron chi connectivity index (χ3n) is 5.70. The van der Waals surface area contributed by atoms with Gasteiger partial charge in [-0.3, -0.25) is 14.8 Å². The number of likely N-dealkylation sites (tertiary alicyclic amines) is 1. The van der Waals surface area contributed by atoms with Crippen LogP contribution in [-0.2, 0) is 13.0 Å². The molecule has 2 aliphatic heterocycles. The maximum Gasteiger partial charge on any atom is 0.272 e. The van der Waals surface area contributed by atoms with E-state index >= 15 is 0 Å². The van der Waals surface area contributed by atoms with Gasteiger partial charge in [0.15, 0.2) is 5.69 Å². The van der Waals surface area contributed by atoms with Crippen molar-refractivity contribution in [3.8, 4) is 0 Å². The molecule has 0 aromatic carbocycles. The highest BCUT2D eigenvalue weighted by Crippen LogP contribution is 2.23. The lowest BCUT2D eigenvalue weighted by atomic mass is 9.93. The number of amides is 1. The maximum atomic E-state index is 12.7. The van der Waals surface area contributed by atoms with Crippen LogP contribution >= 0.6 is 0 Å². The largest absolute Gasteiger partial charge is 0.349 e. The fraction of sp³-hybridized carbons (Fsp3) is 0.778. The van der Waals surface area contributed by atoms with Gasteiger partial charge in [0.25, 0.3) is 5.91 Å². The molecule has 0 spiro atoms. The van der Waals surface area contributed by atoms with Crippen LogP contribution in [0.5, 0.6) is 0 Å². The van der Waals surface area contributed by atoms with Crippen LogP contribution in [0.4, 0.5) is 0 Å². The Labute approximate surface area is 144 Å². The molecule has 1 aromatic heterocycles. The third kappa shape index (κ3) is 3.64. The summed E-state index contributed by atoms with van der Waals surface area (Å²) in [6.45, 7) is 9.25. The van der Waals surface area contributed by atoms with Gasteiger partial charge in [-0.1, -0.05) is 26.7 Å². The van der Waals surface area contributed by atoms with Gasteiger partial charge < -0.3 is 10.6 Å². The number of rotatable bonds is 7. The Bertz CT molecular complexity index is 544. The first-order chi connectivity index (χ1) is 11.7. The molecule has 24 heavy (non-hydrogen) atoms. The molecule has 0 aliphatic carbocycles. The summed E-state index contributed by atoms with van der Waals surface area (Å²) in [6, 6.07) is 0.444. The Kier molecular flexibility index (Phi) is 5.89. The van der Waals surface area contributed by atoms with Crippen molar-refractivity contribution < 1.29 is 4.79 Å². The van der Waals surface area contributed by atoms with E-state index in [1.807, 2.05) is 0 Å². The molecule has 1 aromatic rings. The van der Waals surface area contributed by atoms with Gasteiger partial charge in [0.2, 0.25) is 0 Å².